The predicted molar refractivity (Wildman–Crippen MR) is 91.4 cm³/mol. The van der Waals surface area contributed by atoms with Gasteiger partial charge in [0.05, 0.1) is 5.41 Å². The maximum absolute atomic E-state index is 13.4. The van der Waals surface area contributed by atoms with Crippen molar-refractivity contribution in [3.63, 3.8) is 0 Å². The number of fused-ring (bicyclic) bond motifs is 3. The molecule has 1 aliphatic carbocycles. The summed E-state index contributed by atoms with van der Waals surface area (Å²) in [4.78, 5) is 38.9. The molecule has 126 valence electrons. The van der Waals surface area contributed by atoms with E-state index in [0.717, 1.165) is 5.56 Å². The van der Waals surface area contributed by atoms with Crippen LogP contribution in [0.2, 0.25) is 0 Å². The summed E-state index contributed by atoms with van der Waals surface area (Å²) >= 11 is 0. The van der Waals surface area contributed by atoms with Gasteiger partial charge in [0.25, 0.3) is 0 Å². The highest BCUT2D eigenvalue weighted by atomic mass is 16.5. The molecule has 0 aromatic heterocycles. The van der Waals surface area contributed by atoms with Crippen molar-refractivity contribution in [2.24, 2.45) is 10.8 Å². The Kier molecular flexibility index (Phi) is 3.23. The summed E-state index contributed by atoms with van der Waals surface area (Å²) in [6.07, 6.45) is 0.397. The summed E-state index contributed by atoms with van der Waals surface area (Å²) in [6.45, 7) is 3.25. The van der Waals surface area contributed by atoms with Gasteiger partial charge in [-0.05, 0) is 19.4 Å². The molecule has 0 saturated heterocycles. The van der Waals surface area contributed by atoms with E-state index < -0.39 is 22.7 Å². The number of benzene rings is 2. The lowest BCUT2D eigenvalue weighted by Crippen LogP contribution is -2.38. The van der Waals surface area contributed by atoms with Crippen LogP contribution in [-0.2, 0) is 9.59 Å². The third kappa shape index (κ3) is 1.69. The molecular weight excluding hydrogens is 316 g/mol. The van der Waals surface area contributed by atoms with E-state index in [1.54, 1.807) is 36.4 Å². The molecule has 4 rings (SSSR count). The van der Waals surface area contributed by atoms with Crippen LogP contribution in [0.3, 0.4) is 0 Å². The van der Waals surface area contributed by atoms with Gasteiger partial charge in [-0.15, -0.1) is 0 Å². The number of hydrogen-bond acceptors (Lipinski definition) is 4. The van der Waals surface area contributed by atoms with Crippen LogP contribution >= 0.6 is 0 Å². The number of carbonyl (C=O) groups is 3. The van der Waals surface area contributed by atoms with Gasteiger partial charge in [-0.2, -0.15) is 0 Å². The van der Waals surface area contributed by atoms with Crippen LogP contribution in [0.5, 0.6) is 5.75 Å². The van der Waals surface area contributed by atoms with E-state index in [9.17, 15) is 14.4 Å². The molecular formula is C21H18O4. The second kappa shape index (κ2) is 5.12. The van der Waals surface area contributed by atoms with E-state index in [1.807, 2.05) is 25.1 Å². The van der Waals surface area contributed by atoms with Crippen LogP contribution in [0, 0.1) is 10.8 Å². The van der Waals surface area contributed by atoms with E-state index in [0.29, 0.717) is 17.7 Å². The average Bonchev–Trinajstić information content (AvgIpc) is 3.29. The minimum absolute atomic E-state index is 0.163. The quantitative estimate of drug-likeness (QED) is 0.371. The molecule has 2 aromatic rings. The molecule has 1 saturated carbocycles. The molecule has 0 unspecified atom stereocenters. The molecule has 25 heavy (non-hydrogen) atoms. The molecule has 2 aromatic carbocycles. The van der Waals surface area contributed by atoms with E-state index in [1.165, 1.54) is 6.92 Å². The summed E-state index contributed by atoms with van der Waals surface area (Å²) in [5.41, 5.74) is -1.21. The van der Waals surface area contributed by atoms with Gasteiger partial charge >= 0.3 is 5.97 Å². The van der Waals surface area contributed by atoms with Gasteiger partial charge in [0, 0.05) is 17.0 Å². The summed E-state index contributed by atoms with van der Waals surface area (Å²) in [5, 5.41) is 0. The summed E-state index contributed by atoms with van der Waals surface area (Å²) in [5.74, 6) is -1.08. The summed E-state index contributed by atoms with van der Waals surface area (Å²) < 4.78 is 5.48. The fourth-order valence-corrected chi connectivity index (χ4v) is 4.79. The zero-order valence-corrected chi connectivity index (χ0v) is 14.1. The first-order valence-corrected chi connectivity index (χ1v) is 8.44. The Morgan fingerprint density at radius 3 is 2.32 bits per heavy atom. The van der Waals surface area contributed by atoms with Crippen LogP contribution in [-0.4, -0.2) is 17.5 Å². The number of rotatable bonds is 4. The molecule has 1 fully saturated rings. The van der Waals surface area contributed by atoms with Gasteiger partial charge in [-0.25, -0.2) is 0 Å². The normalized spacial score (nSPS) is 29.2. The lowest BCUT2D eigenvalue weighted by atomic mass is 9.81. The van der Waals surface area contributed by atoms with Crippen LogP contribution in [0.25, 0.3) is 0 Å². The molecule has 1 heterocycles. The Labute approximate surface area is 145 Å². The monoisotopic (exact) mass is 334 g/mol. The standard InChI is InChI=1S/C21H18O4/c1-3-20(18(23)14-9-5-4-6-10-14)17-15-11-7-8-12-16(15)25-19(24)21(17,20)13(2)22/h4-12,17H,3H2,1-2H3/t17-,20-,21+/m1/s1. The minimum atomic E-state index is -1.41. The lowest BCUT2D eigenvalue weighted by molar-refractivity contribution is -0.148. The Morgan fingerprint density at radius 1 is 1.04 bits per heavy atom. The third-order valence-corrected chi connectivity index (χ3v) is 5.85. The Balaban J connectivity index is 1.96. The minimum Gasteiger partial charge on any atom is -0.425 e. The molecule has 0 amide bonds. The SMILES string of the molecule is CC[C@]1(C(=O)c2ccccc2)[C@H]2c3ccccc3OC(=O)[C@]21C(C)=O. The van der Waals surface area contributed by atoms with Gasteiger partial charge in [0.2, 0.25) is 0 Å². The van der Waals surface area contributed by atoms with Gasteiger partial charge in [0.1, 0.15) is 16.9 Å². The summed E-state index contributed by atoms with van der Waals surface area (Å²) in [6, 6.07) is 16.0. The van der Waals surface area contributed by atoms with Crippen molar-refractivity contribution in [1.82, 2.24) is 0 Å². The van der Waals surface area contributed by atoms with Gasteiger partial charge < -0.3 is 4.74 Å². The number of hydrogen-bond donors (Lipinski definition) is 0. The van der Waals surface area contributed by atoms with Crippen molar-refractivity contribution in [3.8, 4) is 5.75 Å². The highest BCUT2D eigenvalue weighted by Crippen LogP contribution is 2.80. The number of ketones is 2. The third-order valence-electron chi connectivity index (χ3n) is 5.85. The number of ether oxygens (including phenoxy) is 1. The zero-order chi connectivity index (χ0) is 17.8. The molecule has 4 nitrogen and oxygen atoms in total. The van der Waals surface area contributed by atoms with E-state index >= 15 is 0 Å². The molecule has 4 heteroatoms. The second-order valence-electron chi connectivity index (χ2n) is 6.74. The fourth-order valence-electron chi connectivity index (χ4n) is 4.79. The number of para-hydroxylation sites is 1. The largest absolute Gasteiger partial charge is 0.425 e. The Hall–Kier alpha value is -2.75. The molecule has 0 radical (unpaired) electrons. The summed E-state index contributed by atoms with van der Waals surface area (Å²) in [7, 11) is 0. The topological polar surface area (TPSA) is 60.4 Å². The van der Waals surface area contributed by atoms with Crippen LogP contribution in [0.1, 0.15) is 42.1 Å². The Bertz CT molecular complexity index is 901. The van der Waals surface area contributed by atoms with Crippen molar-refractivity contribution >= 4 is 17.5 Å². The molecule has 0 N–H and O–H groups in total. The average molecular weight is 334 g/mol. The number of esters is 1. The zero-order valence-electron chi connectivity index (χ0n) is 14.1. The maximum Gasteiger partial charge on any atom is 0.326 e. The smallest absolute Gasteiger partial charge is 0.326 e. The van der Waals surface area contributed by atoms with E-state index in [2.05, 4.69) is 0 Å². The molecule has 2 aliphatic rings. The van der Waals surface area contributed by atoms with Gasteiger partial charge in [-0.1, -0.05) is 55.5 Å². The van der Waals surface area contributed by atoms with Crippen LogP contribution in [0.4, 0.5) is 0 Å². The van der Waals surface area contributed by atoms with Crippen LogP contribution in [0.15, 0.2) is 54.6 Å². The van der Waals surface area contributed by atoms with Crippen molar-refractivity contribution in [2.45, 2.75) is 26.2 Å². The van der Waals surface area contributed by atoms with Gasteiger partial charge in [-0.3, -0.25) is 14.4 Å². The molecule has 0 bridgehead atoms. The Morgan fingerprint density at radius 2 is 1.68 bits per heavy atom. The molecule has 0 spiro atoms. The van der Waals surface area contributed by atoms with E-state index in [4.69, 9.17) is 4.74 Å². The second-order valence-corrected chi connectivity index (χ2v) is 6.74. The first-order valence-electron chi connectivity index (χ1n) is 8.44. The molecule has 3 atom stereocenters. The predicted octanol–water partition coefficient (Wildman–Crippen LogP) is 3.56. The van der Waals surface area contributed by atoms with Crippen LogP contribution < -0.4 is 4.74 Å². The lowest BCUT2D eigenvalue weighted by Gasteiger charge is -2.22. The van der Waals surface area contributed by atoms with Crippen molar-refractivity contribution in [3.05, 3.63) is 65.7 Å². The molecule has 1 aliphatic heterocycles. The highest BCUT2D eigenvalue weighted by molar-refractivity contribution is 6.21. The number of carbonyl (C=O) groups excluding carboxylic acids is 3. The van der Waals surface area contributed by atoms with Gasteiger partial charge in [0.15, 0.2) is 5.78 Å². The fraction of sp³-hybridized carbons (Fsp3) is 0.286. The first kappa shape index (κ1) is 15.8. The maximum atomic E-state index is 13.4. The van der Waals surface area contributed by atoms with Crippen molar-refractivity contribution in [1.29, 1.82) is 0 Å². The van der Waals surface area contributed by atoms with Crippen molar-refractivity contribution < 1.29 is 19.1 Å². The highest BCUT2D eigenvalue weighted by Gasteiger charge is 2.87. The van der Waals surface area contributed by atoms with E-state index in [-0.39, 0.29) is 11.6 Å². The van der Waals surface area contributed by atoms with Crippen molar-refractivity contribution in [2.75, 3.05) is 0 Å². The first-order chi connectivity index (χ1) is 12.0. The number of Topliss-reactive ketones (excluding diaryl/α,β-unsaturated/α-hetero) is 2.